The molecule has 1 saturated heterocycles. The van der Waals surface area contributed by atoms with Gasteiger partial charge in [0.25, 0.3) is 5.69 Å². The first-order valence-corrected chi connectivity index (χ1v) is 15.9. The number of sulfonamides is 1. The molecule has 6 rings (SSSR count). The number of imidazole rings is 1. The van der Waals surface area contributed by atoms with Gasteiger partial charge in [-0.3, -0.25) is 15.0 Å². The normalized spacial score (nSPS) is 14.6. The van der Waals surface area contributed by atoms with Crippen LogP contribution in [0, 0.1) is 17.0 Å². The molecule has 0 amide bonds. The van der Waals surface area contributed by atoms with E-state index in [2.05, 4.69) is 58.8 Å². The number of piperazine rings is 1. The van der Waals surface area contributed by atoms with Crippen LogP contribution in [0.25, 0.3) is 28.0 Å². The molecule has 0 saturated carbocycles. The lowest BCUT2D eigenvalue weighted by molar-refractivity contribution is -0.385. The molecule has 5 aromatic rings. The van der Waals surface area contributed by atoms with Gasteiger partial charge in [-0.1, -0.05) is 48.0 Å². The van der Waals surface area contributed by atoms with E-state index in [0.29, 0.717) is 26.2 Å². The Morgan fingerprint density at radius 2 is 1.61 bits per heavy atom. The van der Waals surface area contributed by atoms with Crippen molar-refractivity contribution in [3.8, 4) is 28.1 Å². The Hall–Kier alpha value is -4.58. The third kappa shape index (κ3) is 5.94. The Labute approximate surface area is 256 Å². The van der Waals surface area contributed by atoms with Gasteiger partial charge >= 0.3 is 0 Å². The molecule has 0 radical (unpaired) electrons. The number of non-ortho nitro benzene ring substituents is 1. The van der Waals surface area contributed by atoms with Gasteiger partial charge in [-0.15, -0.1) is 0 Å². The maximum absolute atomic E-state index is 13.3. The third-order valence-corrected chi connectivity index (χ3v) is 9.79. The fraction of sp³-hybridized carbons (Fsp3) is 0.242. The largest absolute Gasteiger partial charge is 0.494 e. The minimum atomic E-state index is -3.86. The summed E-state index contributed by atoms with van der Waals surface area (Å²) in [5.41, 5.74) is 6.73. The van der Waals surface area contributed by atoms with E-state index >= 15 is 0 Å². The van der Waals surface area contributed by atoms with Crippen molar-refractivity contribution in [1.82, 2.24) is 18.6 Å². The predicted octanol–water partition coefficient (Wildman–Crippen LogP) is 5.79. The molecular formula is C33H33N5O5S. The van der Waals surface area contributed by atoms with Crippen molar-refractivity contribution in [2.75, 3.05) is 32.8 Å². The van der Waals surface area contributed by atoms with Gasteiger partial charge < -0.3 is 9.14 Å². The lowest BCUT2D eigenvalue weighted by Crippen LogP contribution is -2.48. The number of fused-ring (bicyclic) bond motifs is 1. The molecule has 1 fully saturated rings. The molecule has 2 aromatic heterocycles. The molecule has 0 bridgehead atoms. The summed E-state index contributed by atoms with van der Waals surface area (Å²) in [6, 6.07) is 25.6. The molecule has 3 heterocycles. The quantitative estimate of drug-likeness (QED) is 0.153. The fourth-order valence-corrected chi connectivity index (χ4v) is 7.00. The Balaban J connectivity index is 1.30. The summed E-state index contributed by atoms with van der Waals surface area (Å²) < 4.78 is 35.9. The summed E-state index contributed by atoms with van der Waals surface area (Å²) in [5, 5.41) is 11.2. The number of ether oxygens (including phenoxy) is 1. The maximum atomic E-state index is 13.3. The van der Waals surface area contributed by atoms with Crippen LogP contribution in [0.15, 0.2) is 96.0 Å². The van der Waals surface area contributed by atoms with Gasteiger partial charge in [-0.25, -0.2) is 13.4 Å². The maximum Gasteiger partial charge on any atom is 0.270 e. The number of hydrogen-bond donors (Lipinski definition) is 0. The minimum absolute atomic E-state index is 0.0653. The molecular weight excluding hydrogens is 578 g/mol. The number of aryl methyl sites for hydroxylation is 1. The van der Waals surface area contributed by atoms with E-state index in [-0.39, 0.29) is 23.7 Å². The van der Waals surface area contributed by atoms with Gasteiger partial charge in [0, 0.05) is 56.6 Å². The number of hydrogen-bond acceptors (Lipinski definition) is 7. The summed E-state index contributed by atoms with van der Waals surface area (Å²) in [7, 11) is -3.86. The number of nitrogens with zero attached hydrogens (tertiary/aromatic N) is 5. The smallest absolute Gasteiger partial charge is 0.270 e. The fourth-order valence-electron chi connectivity index (χ4n) is 5.54. The van der Waals surface area contributed by atoms with Crippen LogP contribution in [0.1, 0.15) is 18.2 Å². The standard InChI is InChI=1S/C33H33N5O5S/c1-3-43-29-8-4-6-26(20-29)27-14-15-32-34-33(25-12-10-24(2)11-13-25)31(37(32)22-27)23-35-16-18-36(19-17-35)44(41,42)30-9-5-7-28(21-30)38(39)40/h4-15,20-22H,3,16-19,23H2,1-2H3. The summed E-state index contributed by atoms with van der Waals surface area (Å²) in [5.74, 6) is 0.814. The third-order valence-electron chi connectivity index (χ3n) is 7.89. The summed E-state index contributed by atoms with van der Waals surface area (Å²) in [6.45, 7) is 6.74. The van der Waals surface area contributed by atoms with Crippen molar-refractivity contribution in [2.24, 2.45) is 0 Å². The van der Waals surface area contributed by atoms with Crippen molar-refractivity contribution in [1.29, 1.82) is 0 Å². The van der Waals surface area contributed by atoms with E-state index in [1.807, 2.05) is 31.2 Å². The molecule has 0 aliphatic carbocycles. The predicted molar refractivity (Wildman–Crippen MR) is 169 cm³/mol. The number of nitro benzene ring substituents is 1. The molecule has 0 unspecified atom stereocenters. The van der Waals surface area contributed by atoms with Crippen molar-refractivity contribution < 1.29 is 18.1 Å². The first-order chi connectivity index (χ1) is 21.2. The number of pyridine rings is 1. The number of aromatic nitrogens is 2. The Bertz CT molecular complexity index is 1930. The van der Waals surface area contributed by atoms with Gasteiger partial charge in [-0.2, -0.15) is 4.31 Å². The van der Waals surface area contributed by atoms with Gasteiger partial charge in [0.05, 0.1) is 27.8 Å². The second-order valence-electron chi connectivity index (χ2n) is 10.8. The zero-order valence-corrected chi connectivity index (χ0v) is 25.4. The second kappa shape index (κ2) is 12.2. The summed E-state index contributed by atoms with van der Waals surface area (Å²) >= 11 is 0. The molecule has 0 atom stereocenters. The van der Waals surface area contributed by atoms with Crippen LogP contribution in [0.5, 0.6) is 5.75 Å². The molecule has 3 aromatic carbocycles. The topological polar surface area (TPSA) is 110 Å². The van der Waals surface area contributed by atoms with Crippen molar-refractivity contribution >= 4 is 21.4 Å². The molecule has 0 spiro atoms. The van der Waals surface area contributed by atoms with Crippen LogP contribution in [0.3, 0.4) is 0 Å². The highest BCUT2D eigenvalue weighted by molar-refractivity contribution is 7.89. The van der Waals surface area contributed by atoms with Crippen LogP contribution in [-0.4, -0.2) is 64.7 Å². The zero-order chi connectivity index (χ0) is 30.8. The van der Waals surface area contributed by atoms with Crippen LogP contribution >= 0.6 is 0 Å². The molecule has 44 heavy (non-hydrogen) atoms. The first-order valence-electron chi connectivity index (χ1n) is 14.5. The molecule has 11 heteroatoms. The lowest BCUT2D eigenvalue weighted by Gasteiger charge is -2.34. The van der Waals surface area contributed by atoms with E-state index < -0.39 is 14.9 Å². The van der Waals surface area contributed by atoms with Gasteiger partial charge in [0.15, 0.2) is 0 Å². The molecule has 10 nitrogen and oxygen atoms in total. The van der Waals surface area contributed by atoms with Crippen molar-refractivity contribution in [3.05, 3.63) is 112 Å². The summed E-state index contributed by atoms with van der Waals surface area (Å²) in [6.07, 6.45) is 2.10. The molecule has 226 valence electrons. The van der Waals surface area contributed by atoms with Crippen LogP contribution in [-0.2, 0) is 16.6 Å². The Morgan fingerprint density at radius 1 is 0.886 bits per heavy atom. The SMILES string of the molecule is CCOc1cccc(-c2ccc3nc(-c4ccc(C)cc4)c(CN4CCN(S(=O)(=O)c5cccc([N+](=O)[O-])c5)CC4)n3c2)c1. The molecule has 0 N–H and O–H groups in total. The van der Waals surface area contributed by atoms with Crippen molar-refractivity contribution in [2.45, 2.75) is 25.3 Å². The van der Waals surface area contributed by atoms with Gasteiger partial charge in [0.2, 0.25) is 10.0 Å². The van der Waals surface area contributed by atoms with Crippen LogP contribution in [0.4, 0.5) is 5.69 Å². The van der Waals surface area contributed by atoms with E-state index in [4.69, 9.17) is 9.72 Å². The highest BCUT2D eigenvalue weighted by atomic mass is 32.2. The van der Waals surface area contributed by atoms with E-state index in [1.165, 1.54) is 22.5 Å². The highest BCUT2D eigenvalue weighted by Crippen LogP contribution is 2.30. The van der Waals surface area contributed by atoms with Gasteiger partial charge in [-0.05, 0) is 55.3 Å². The average molecular weight is 612 g/mol. The van der Waals surface area contributed by atoms with E-state index in [0.717, 1.165) is 51.1 Å². The van der Waals surface area contributed by atoms with E-state index in [1.54, 1.807) is 0 Å². The van der Waals surface area contributed by atoms with E-state index in [9.17, 15) is 18.5 Å². The zero-order valence-electron chi connectivity index (χ0n) is 24.6. The highest BCUT2D eigenvalue weighted by Gasteiger charge is 2.30. The molecule has 1 aliphatic rings. The summed E-state index contributed by atoms with van der Waals surface area (Å²) in [4.78, 5) is 17.8. The lowest BCUT2D eigenvalue weighted by atomic mass is 10.1. The minimum Gasteiger partial charge on any atom is -0.494 e. The van der Waals surface area contributed by atoms with Crippen LogP contribution in [0.2, 0.25) is 0 Å². The second-order valence-corrected chi connectivity index (χ2v) is 12.8. The number of nitro groups is 1. The number of benzene rings is 3. The Morgan fingerprint density at radius 3 is 2.34 bits per heavy atom. The average Bonchev–Trinajstić information content (AvgIpc) is 3.39. The van der Waals surface area contributed by atoms with Crippen LogP contribution < -0.4 is 4.74 Å². The molecule has 1 aliphatic heterocycles. The van der Waals surface area contributed by atoms with Gasteiger partial charge in [0.1, 0.15) is 11.4 Å². The first kappa shape index (κ1) is 29.5. The Kier molecular flexibility index (Phi) is 8.17. The number of rotatable bonds is 9. The monoisotopic (exact) mass is 611 g/mol. The van der Waals surface area contributed by atoms with Crippen molar-refractivity contribution in [3.63, 3.8) is 0 Å².